The van der Waals surface area contributed by atoms with Gasteiger partial charge in [-0.15, -0.1) is 5.10 Å². The van der Waals surface area contributed by atoms with Crippen molar-refractivity contribution >= 4 is 17.5 Å². The number of halogens is 9. The molecule has 3 aromatic rings. The minimum absolute atomic E-state index is 0.00211. The van der Waals surface area contributed by atoms with Gasteiger partial charge in [0.15, 0.2) is 0 Å². The standard InChI is InChI=1S/C25H23F9N6O/c1-13-7-18-20(5-4-6-39(14(2)41)21(18)11-19(13)25(32,33)34)40(22-35-37-38(3)36-22)12-15-8-16(23(26,27)28)10-17(9-15)24(29,30)31/h7-11,20H,4-6,12H2,1-3H3. The van der Waals surface area contributed by atoms with E-state index in [4.69, 9.17) is 0 Å². The van der Waals surface area contributed by atoms with Gasteiger partial charge in [-0.1, -0.05) is 11.2 Å². The predicted octanol–water partition coefficient (Wildman–Crippen LogP) is 6.47. The first-order valence-corrected chi connectivity index (χ1v) is 12.1. The lowest BCUT2D eigenvalue weighted by atomic mass is 9.94. The number of hydrogen-bond donors (Lipinski definition) is 0. The van der Waals surface area contributed by atoms with E-state index >= 15 is 0 Å². The Bertz CT molecular complexity index is 1410. The van der Waals surface area contributed by atoms with Gasteiger partial charge >= 0.3 is 18.5 Å². The molecule has 1 atom stereocenters. The molecular weight excluding hydrogens is 571 g/mol. The number of nitrogens with zero attached hydrogens (tertiary/aromatic N) is 6. The van der Waals surface area contributed by atoms with Crippen molar-refractivity contribution in [1.82, 2.24) is 20.2 Å². The molecule has 4 rings (SSSR count). The maximum Gasteiger partial charge on any atom is 0.416 e. The lowest BCUT2D eigenvalue weighted by Crippen LogP contribution is -2.31. The second-order valence-corrected chi connectivity index (χ2v) is 9.67. The van der Waals surface area contributed by atoms with Gasteiger partial charge in [0.05, 0.1) is 29.8 Å². The number of aromatic nitrogens is 4. The summed E-state index contributed by atoms with van der Waals surface area (Å²) < 4.78 is 123. The normalized spacial score (nSPS) is 16.4. The molecule has 0 aliphatic carbocycles. The van der Waals surface area contributed by atoms with Crippen LogP contribution in [0.15, 0.2) is 30.3 Å². The number of rotatable bonds is 4. The second-order valence-electron chi connectivity index (χ2n) is 9.67. The number of benzene rings is 2. The molecule has 1 amide bonds. The third kappa shape index (κ3) is 6.40. The zero-order valence-corrected chi connectivity index (χ0v) is 21.8. The summed E-state index contributed by atoms with van der Waals surface area (Å²) in [4.78, 5) is 15.9. The molecule has 1 aliphatic rings. The Morgan fingerprint density at radius 1 is 0.951 bits per heavy atom. The zero-order valence-electron chi connectivity index (χ0n) is 21.8. The van der Waals surface area contributed by atoms with Crippen molar-refractivity contribution in [3.63, 3.8) is 0 Å². The molecular formula is C25H23F9N6O. The summed E-state index contributed by atoms with van der Waals surface area (Å²) in [7, 11) is 1.39. The minimum Gasteiger partial charge on any atom is -0.327 e. The third-order valence-corrected chi connectivity index (χ3v) is 6.70. The molecule has 0 radical (unpaired) electrons. The van der Waals surface area contributed by atoms with E-state index in [1.54, 1.807) is 0 Å². The number of carbonyl (C=O) groups excluding carboxylic acids is 1. The molecule has 0 saturated carbocycles. The van der Waals surface area contributed by atoms with Gasteiger partial charge < -0.3 is 9.80 Å². The van der Waals surface area contributed by atoms with E-state index in [0.29, 0.717) is 12.1 Å². The highest BCUT2D eigenvalue weighted by Crippen LogP contribution is 2.44. The zero-order chi connectivity index (χ0) is 30.5. The SMILES string of the molecule is CC(=O)N1CCCC(N(Cc2cc(C(F)(F)F)cc(C(F)(F)F)c2)c2nnn(C)n2)c2cc(C)c(C(F)(F)F)cc21. The van der Waals surface area contributed by atoms with Crippen molar-refractivity contribution in [1.29, 1.82) is 0 Å². The van der Waals surface area contributed by atoms with E-state index in [0.717, 1.165) is 10.9 Å². The summed E-state index contributed by atoms with van der Waals surface area (Å²) in [6.45, 7) is 1.85. The van der Waals surface area contributed by atoms with Crippen molar-refractivity contribution in [2.24, 2.45) is 7.05 Å². The predicted molar refractivity (Wildman–Crippen MR) is 128 cm³/mol. The monoisotopic (exact) mass is 594 g/mol. The summed E-state index contributed by atoms with van der Waals surface area (Å²) in [5.41, 5.74) is -4.48. The molecule has 222 valence electrons. The minimum atomic E-state index is -5.09. The van der Waals surface area contributed by atoms with Crippen LogP contribution in [0, 0.1) is 6.92 Å². The van der Waals surface area contributed by atoms with E-state index in [1.165, 1.54) is 36.8 Å². The average molecular weight is 594 g/mol. The number of hydrogen-bond acceptors (Lipinski definition) is 5. The molecule has 1 aliphatic heterocycles. The Balaban J connectivity index is 1.92. The Morgan fingerprint density at radius 3 is 2.05 bits per heavy atom. The first kappa shape index (κ1) is 30.1. The molecule has 0 fully saturated rings. The van der Waals surface area contributed by atoms with Crippen molar-refractivity contribution in [2.45, 2.75) is 57.8 Å². The second kappa shape index (κ2) is 10.5. The van der Waals surface area contributed by atoms with Gasteiger partial charge in [-0.05, 0) is 65.9 Å². The van der Waals surface area contributed by atoms with Crippen molar-refractivity contribution in [2.75, 3.05) is 16.3 Å². The smallest absolute Gasteiger partial charge is 0.327 e. The Labute approximate surface area is 227 Å². The van der Waals surface area contributed by atoms with Crippen LogP contribution in [0.4, 0.5) is 51.1 Å². The molecule has 2 aromatic carbocycles. The quantitative estimate of drug-likeness (QED) is 0.324. The molecule has 2 heterocycles. The van der Waals surface area contributed by atoms with Crippen molar-refractivity contribution in [3.05, 3.63) is 63.7 Å². The molecule has 0 N–H and O–H groups in total. The topological polar surface area (TPSA) is 67.2 Å². The summed E-state index contributed by atoms with van der Waals surface area (Å²) in [6, 6.07) is 2.25. The fourth-order valence-electron chi connectivity index (χ4n) is 4.91. The number of carbonyl (C=O) groups is 1. The van der Waals surface area contributed by atoms with Crippen LogP contribution in [0.25, 0.3) is 0 Å². The van der Waals surface area contributed by atoms with Crippen LogP contribution >= 0.6 is 0 Å². The first-order chi connectivity index (χ1) is 18.9. The van der Waals surface area contributed by atoms with Gasteiger partial charge in [-0.25, -0.2) is 0 Å². The summed E-state index contributed by atoms with van der Waals surface area (Å²) in [6.07, 6.45) is -14.5. The maximum atomic E-state index is 13.8. The average Bonchev–Trinajstić information content (AvgIpc) is 3.18. The molecule has 0 bridgehead atoms. The number of anilines is 2. The molecule has 41 heavy (non-hydrogen) atoms. The van der Waals surface area contributed by atoms with E-state index in [9.17, 15) is 44.3 Å². The van der Waals surface area contributed by atoms with Gasteiger partial charge in [0, 0.05) is 25.7 Å². The highest BCUT2D eigenvalue weighted by Gasteiger charge is 2.39. The van der Waals surface area contributed by atoms with E-state index in [-0.39, 0.29) is 48.2 Å². The maximum absolute atomic E-state index is 13.8. The van der Waals surface area contributed by atoms with Crippen LogP contribution in [-0.2, 0) is 36.9 Å². The van der Waals surface area contributed by atoms with Gasteiger partial charge in [-0.3, -0.25) is 4.79 Å². The number of amides is 1. The molecule has 0 spiro atoms. The van der Waals surface area contributed by atoms with Crippen molar-refractivity contribution < 1.29 is 44.3 Å². The number of tetrazole rings is 1. The van der Waals surface area contributed by atoms with E-state index < -0.39 is 59.3 Å². The van der Waals surface area contributed by atoms with E-state index in [1.807, 2.05) is 0 Å². The molecule has 0 saturated heterocycles. The van der Waals surface area contributed by atoms with Crippen LogP contribution in [0.5, 0.6) is 0 Å². The highest BCUT2D eigenvalue weighted by molar-refractivity contribution is 5.93. The molecule has 1 aromatic heterocycles. The summed E-state index contributed by atoms with van der Waals surface area (Å²) >= 11 is 0. The van der Waals surface area contributed by atoms with E-state index in [2.05, 4.69) is 15.4 Å². The lowest BCUT2D eigenvalue weighted by molar-refractivity contribution is -0.143. The fraction of sp³-hybridized carbons (Fsp3) is 0.440. The van der Waals surface area contributed by atoms with Crippen LogP contribution in [0.3, 0.4) is 0 Å². The van der Waals surface area contributed by atoms with Crippen LogP contribution in [0.1, 0.15) is 59.2 Å². The van der Waals surface area contributed by atoms with Gasteiger partial charge in [0.2, 0.25) is 5.91 Å². The van der Waals surface area contributed by atoms with Crippen LogP contribution in [0.2, 0.25) is 0 Å². The Morgan fingerprint density at radius 2 is 1.56 bits per heavy atom. The van der Waals surface area contributed by atoms with Crippen molar-refractivity contribution in [3.8, 4) is 0 Å². The van der Waals surface area contributed by atoms with Crippen LogP contribution in [-0.4, -0.2) is 32.7 Å². The fourth-order valence-corrected chi connectivity index (χ4v) is 4.91. The summed E-state index contributed by atoms with van der Waals surface area (Å²) in [5.74, 6) is -0.719. The lowest BCUT2D eigenvalue weighted by Gasteiger charge is -2.33. The molecule has 1 unspecified atom stereocenters. The van der Waals surface area contributed by atoms with Crippen LogP contribution < -0.4 is 9.80 Å². The number of fused-ring (bicyclic) bond motifs is 1. The first-order valence-electron chi connectivity index (χ1n) is 12.1. The Hall–Kier alpha value is -3.85. The largest absolute Gasteiger partial charge is 0.416 e. The number of aryl methyl sites for hydroxylation is 2. The van der Waals surface area contributed by atoms with Gasteiger partial charge in [0.25, 0.3) is 5.95 Å². The van der Waals surface area contributed by atoms with Gasteiger partial charge in [0.1, 0.15) is 0 Å². The van der Waals surface area contributed by atoms with Gasteiger partial charge in [-0.2, -0.15) is 44.3 Å². The molecule has 16 heteroatoms. The molecule has 7 nitrogen and oxygen atoms in total. The number of alkyl halides is 9. The Kier molecular flexibility index (Phi) is 7.73. The summed E-state index contributed by atoms with van der Waals surface area (Å²) in [5, 5.41) is 11.7. The third-order valence-electron chi connectivity index (χ3n) is 6.70. The highest BCUT2D eigenvalue weighted by atomic mass is 19.4.